The molecule has 0 radical (unpaired) electrons. The number of aromatic nitrogens is 2. The van der Waals surface area contributed by atoms with Gasteiger partial charge in [-0.1, -0.05) is 0 Å². The number of hydrogen-bond donors (Lipinski definition) is 1. The second kappa shape index (κ2) is 5.81. The van der Waals surface area contributed by atoms with Crippen LogP contribution in [-0.2, 0) is 11.3 Å². The zero-order valence-corrected chi connectivity index (χ0v) is 12.5. The van der Waals surface area contributed by atoms with Crippen molar-refractivity contribution in [2.75, 3.05) is 33.2 Å². The third-order valence-corrected chi connectivity index (χ3v) is 3.98. The minimum absolute atomic E-state index is 0.478. The Labute approximate surface area is 123 Å². The van der Waals surface area contributed by atoms with Crippen molar-refractivity contribution in [3.8, 4) is 11.5 Å². The van der Waals surface area contributed by atoms with E-state index in [9.17, 15) is 0 Å². The van der Waals surface area contributed by atoms with Crippen LogP contribution in [0.4, 0.5) is 5.95 Å². The van der Waals surface area contributed by atoms with E-state index in [0.717, 1.165) is 43.6 Å². The van der Waals surface area contributed by atoms with Crippen LogP contribution in [0.15, 0.2) is 12.1 Å². The van der Waals surface area contributed by atoms with Gasteiger partial charge in [0.15, 0.2) is 11.5 Å². The molecule has 6 heteroatoms. The van der Waals surface area contributed by atoms with Gasteiger partial charge in [-0.3, -0.25) is 0 Å². The van der Waals surface area contributed by atoms with Crippen LogP contribution >= 0.6 is 0 Å². The number of nitrogens with two attached hydrogens (primary N) is 1. The quantitative estimate of drug-likeness (QED) is 0.933. The lowest BCUT2D eigenvalue weighted by atomic mass is 10.0. The third-order valence-electron chi connectivity index (χ3n) is 3.98. The predicted octanol–water partition coefficient (Wildman–Crippen LogP) is 2.06. The summed E-state index contributed by atoms with van der Waals surface area (Å²) < 4.78 is 18.3. The fourth-order valence-electron chi connectivity index (χ4n) is 2.87. The second-order valence-corrected chi connectivity index (χ2v) is 5.36. The van der Waals surface area contributed by atoms with Crippen molar-refractivity contribution in [1.29, 1.82) is 0 Å². The Morgan fingerprint density at radius 1 is 1.33 bits per heavy atom. The van der Waals surface area contributed by atoms with Crippen molar-refractivity contribution in [3.63, 3.8) is 0 Å². The Hall–Kier alpha value is -1.95. The zero-order chi connectivity index (χ0) is 14.8. The van der Waals surface area contributed by atoms with Gasteiger partial charge in [0.25, 0.3) is 0 Å². The summed E-state index contributed by atoms with van der Waals surface area (Å²) >= 11 is 0. The number of nitrogen functional groups attached to an aromatic ring is 1. The van der Waals surface area contributed by atoms with Gasteiger partial charge in [0, 0.05) is 31.2 Å². The molecule has 0 bridgehead atoms. The molecule has 21 heavy (non-hydrogen) atoms. The highest BCUT2D eigenvalue weighted by Crippen LogP contribution is 2.33. The Morgan fingerprint density at radius 2 is 2.10 bits per heavy atom. The monoisotopic (exact) mass is 291 g/mol. The average molecular weight is 291 g/mol. The van der Waals surface area contributed by atoms with E-state index >= 15 is 0 Å². The summed E-state index contributed by atoms with van der Waals surface area (Å²) in [5, 5.41) is 0. The lowest BCUT2D eigenvalue weighted by Gasteiger charge is -2.23. The van der Waals surface area contributed by atoms with Crippen molar-refractivity contribution in [2.24, 2.45) is 5.92 Å². The van der Waals surface area contributed by atoms with Gasteiger partial charge in [-0.25, -0.2) is 4.98 Å². The first kappa shape index (κ1) is 14.0. The molecule has 0 spiro atoms. The lowest BCUT2D eigenvalue weighted by molar-refractivity contribution is 0.0490. The summed E-state index contributed by atoms with van der Waals surface area (Å²) in [6, 6.07) is 3.79. The van der Waals surface area contributed by atoms with Gasteiger partial charge in [0.2, 0.25) is 5.95 Å². The van der Waals surface area contributed by atoms with Crippen molar-refractivity contribution >= 4 is 17.0 Å². The summed E-state index contributed by atoms with van der Waals surface area (Å²) in [7, 11) is 3.24. The molecule has 2 aromatic rings. The van der Waals surface area contributed by atoms with Crippen LogP contribution in [0.3, 0.4) is 0 Å². The van der Waals surface area contributed by atoms with Gasteiger partial charge in [-0.2, -0.15) is 0 Å². The van der Waals surface area contributed by atoms with Gasteiger partial charge in [0.1, 0.15) is 0 Å². The highest BCUT2D eigenvalue weighted by molar-refractivity contribution is 5.82. The molecular weight excluding hydrogens is 270 g/mol. The summed E-state index contributed by atoms with van der Waals surface area (Å²) in [4.78, 5) is 4.43. The minimum Gasteiger partial charge on any atom is -0.493 e. The van der Waals surface area contributed by atoms with Crippen LogP contribution < -0.4 is 15.2 Å². The van der Waals surface area contributed by atoms with E-state index in [0.29, 0.717) is 23.4 Å². The first-order chi connectivity index (χ1) is 10.2. The average Bonchev–Trinajstić information content (AvgIpc) is 2.82. The van der Waals surface area contributed by atoms with E-state index in [4.69, 9.17) is 19.9 Å². The summed E-state index contributed by atoms with van der Waals surface area (Å²) in [5.74, 6) is 2.35. The maximum Gasteiger partial charge on any atom is 0.201 e. The molecule has 2 N–H and O–H groups in total. The summed E-state index contributed by atoms with van der Waals surface area (Å²) in [6.07, 6.45) is 2.26. The Kier molecular flexibility index (Phi) is 3.88. The summed E-state index contributed by atoms with van der Waals surface area (Å²) in [5.41, 5.74) is 7.87. The van der Waals surface area contributed by atoms with Crippen LogP contribution in [-0.4, -0.2) is 37.0 Å². The molecule has 0 saturated carbocycles. The molecule has 1 atom stereocenters. The maximum atomic E-state index is 6.08. The van der Waals surface area contributed by atoms with E-state index in [1.54, 1.807) is 14.2 Å². The molecule has 1 aromatic heterocycles. The zero-order valence-electron chi connectivity index (χ0n) is 12.5. The topological polar surface area (TPSA) is 71.5 Å². The van der Waals surface area contributed by atoms with E-state index in [-0.39, 0.29) is 0 Å². The second-order valence-electron chi connectivity index (χ2n) is 5.36. The van der Waals surface area contributed by atoms with Crippen LogP contribution in [0.25, 0.3) is 11.0 Å². The molecule has 0 amide bonds. The van der Waals surface area contributed by atoms with Crippen LogP contribution in [0.5, 0.6) is 11.5 Å². The normalized spacial score (nSPS) is 18.9. The number of rotatable bonds is 4. The molecule has 1 aliphatic heterocycles. The van der Waals surface area contributed by atoms with Crippen LogP contribution in [0, 0.1) is 5.92 Å². The van der Waals surface area contributed by atoms with Crippen molar-refractivity contribution in [3.05, 3.63) is 12.1 Å². The van der Waals surface area contributed by atoms with Gasteiger partial charge >= 0.3 is 0 Å². The van der Waals surface area contributed by atoms with Crippen molar-refractivity contribution in [1.82, 2.24) is 9.55 Å². The molecule has 1 aliphatic rings. The van der Waals surface area contributed by atoms with Crippen molar-refractivity contribution < 1.29 is 14.2 Å². The number of ether oxygens (including phenoxy) is 3. The standard InChI is InChI=1S/C15H21N3O3/c1-19-13-6-11-12(7-14(13)20-2)18(15(16)17-11)8-10-4-3-5-21-9-10/h6-7,10H,3-5,8-9H2,1-2H3,(H2,16,17). The SMILES string of the molecule is COc1cc2nc(N)n(CC3CCCOC3)c2cc1OC. The molecule has 1 fully saturated rings. The van der Waals surface area contributed by atoms with Crippen molar-refractivity contribution in [2.45, 2.75) is 19.4 Å². The molecular formula is C15H21N3O3. The highest BCUT2D eigenvalue weighted by Gasteiger charge is 2.19. The molecule has 3 rings (SSSR count). The maximum absolute atomic E-state index is 6.08. The molecule has 1 aromatic carbocycles. The van der Waals surface area contributed by atoms with E-state index < -0.39 is 0 Å². The number of benzene rings is 1. The Morgan fingerprint density at radius 3 is 2.76 bits per heavy atom. The first-order valence-electron chi connectivity index (χ1n) is 7.18. The highest BCUT2D eigenvalue weighted by atomic mass is 16.5. The van der Waals surface area contributed by atoms with E-state index in [1.165, 1.54) is 0 Å². The van der Waals surface area contributed by atoms with Gasteiger partial charge in [0.05, 0.1) is 31.9 Å². The fourth-order valence-corrected chi connectivity index (χ4v) is 2.87. The van der Waals surface area contributed by atoms with E-state index in [1.807, 2.05) is 16.7 Å². The number of hydrogen-bond acceptors (Lipinski definition) is 5. The molecule has 6 nitrogen and oxygen atoms in total. The smallest absolute Gasteiger partial charge is 0.201 e. The van der Waals surface area contributed by atoms with Crippen LogP contribution in [0.2, 0.25) is 0 Å². The van der Waals surface area contributed by atoms with Crippen LogP contribution in [0.1, 0.15) is 12.8 Å². The molecule has 0 aliphatic carbocycles. The molecule has 1 unspecified atom stereocenters. The minimum atomic E-state index is 0.478. The summed E-state index contributed by atoms with van der Waals surface area (Å²) in [6.45, 7) is 2.46. The Bertz CT molecular complexity index is 633. The van der Waals surface area contributed by atoms with Gasteiger partial charge in [-0.05, 0) is 12.8 Å². The van der Waals surface area contributed by atoms with E-state index in [2.05, 4.69) is 4.98 Å². The largest absolute Gasteiger partial charge is 0.493 e. The number of anilines is 1. The first-order valence-corrected chi connectivity index (χ1v) is 7.18. The molecule has 2 heterocycles. The molecule has 114 valence electrons. The number of methoxy groups -OCH3 is 2. The molecule has 1 saturated heterocycles. The van der Waals surface area contributed by atoms with Gasteiger partial charge < -0.3 is 24.5 Å². The lowest BCUT2D eigenvalue weighted by Crippen LogP contribution is -2.22. The number of imidazole rings is 1. The Balaban J connectivity index is 1.98. The number of fused-ring (bicyclic) bond motifs is 1. The van der Waals surface area contributed by atoms with Gasteiger partial charge in [-0.15, -0.1) is 0 Å². The predicted molar refractivity (Wildman–Crippen MR) is 80.8 cm³/mol. The third kappa shape index (κ3) is 2.63. The fraction of sp³-hybridized carbons (Fsp3) is 0.533. The number of nitrogens with zero attached hydrogens (tertiary/aromatic N) is 2.